The van der Waals surface area contributed by atoms with Gasteiger partial charge in [-0.05, 0) is 22.8 Å². The van der Waals surface area contributed by atoms with Crippen LogP contribution in [0.3, 0.4) is 0 Å². The highest BCUT2D eigenvalue weighted by Gasteiger charge is 2.46. The van der Waals surface area contributed by atoms with Gasteiger partial charge in [0.2, 0.25) is 0 Å². The van der Waals surface area contributed by atoms with Gasteiger partial charge in [0, 0.05) is 17.4 Å². The molecule has 0 saturated heterocycles. The highest BCUT2D eigenvalue weighted by atomic mass is 16.5. The number of rotatable bonds is 4. The van der Waals surface area contributed by atoms with Crippen molar-refractivity contribution in [3.05, 3.63) is 101 Å². The predicted molar refractivity (Wildman–Crippen MR) is 101 cm³/mol. The molecule has 3 atom stereocenters. The van der Waals surface area contributed by atoms with Crippen LogP contribution in [0, 0.1) is 5.92 Å². The smallest absolute Gasteiger partial charge is 0.308 e. The van der Waals surface area contributed by atoms with Crippen LogP contribution < -0.4 is 4.74 Å². The van der Waals surface area contributed by atoms with Gasteiger partial charge < -0.3 is 9.84 Å². The maximum absolute atomic E-state index is 12.4. The van der Waals surface area contributed by atoms with Crippen LogP contribution in [0.15, 0.2) is 78.9 Å². The molecule has 26 heavy (non-hydrogen) atoms. The molecule has 0 amide bonds. The van der Waals surface area contributed by atoms with Gasteiger partial charge in [-0.3, -0.25) is 4.79 Å². The molecule has 3 unspecified atom stereocenters. The van der Waals surface area contributed by atoms with E-state index in [0.717, 1.165) is 28.0 Å². The second-order valence-electron chi connectivity index (χ2n) is 6.60. The maximum atomic E-state index is 12.4. The summed E-state index contributed by atoms with van der Waals surface area (Å²) in [5.74, 6) is -1.06. The third kappa shape index (κ3) is 2.57. The molecule has 1 aliphatic carbocycles. The number of para-hydroxylation sites is 1. The Hall–Kier alpha value is -3.07. The van der Waals surface area contributed by atoms with Crippen molar-refractivity contribution in [2.75, 3.05) is 7.11 Å². The molecular formula is C23H20O3. The molecule has 3 aromatic carbocycles. The van der Waals surface area contributed by atoms with Crippen molar-refractivity contribution in [2.24, 2.45) is 5.92 Å². The van der Waals surface area contributed by atoms with Gasteiger partial charge in [0.15, 0.2) is 0 Å². The van der Waals surface area contributed by atoms with Crippen molar-refractivity contribution in [1.29, 1.82) is 0 Å². The second-order valence-corrected chi connectivity index (χ2v) is 6.60. The lowest BCUT2D eigenvalue weighted by atomic mass is 9.79. The van der Waals surface area contributed by atoms with E-state index in [1.165, 1.54) is 0 Å². The average molecular weight is 344 g/mol. The molecule has 0 fully saturated rings. The summed E-state index contributed by atoms with van der Waals surface area (Å²) in [6.07, 6.45) is 0. The lowest BCUT2D eigenvalue weighted by molar-refractivity contribution is -0.142. The first-order valence-electron chi connectivity index (χ1n) is 8.72. The molecule has 4 rings (SSSR count). The molecule has 0 heterocycles. The molecule has 0 spiro atoms. The van der Waals surface area contributed by atoms with E-state index in [0.29, 0.717) is 0 Å². The van der Waals surface area contributed by atoms with Crippen LogP contribution in [0.4, 0.5) is 0 Å². The summed E-state index contributed by atoms with van der Waals surface area (Å²) >= 11 is 0. The van der Waals surface area contributed by atoms with E-state index >= 15 is 0 Å². The van der Waals surface area contributed by atoms with E-state index in [9.17, 15) is 9.90 Å². The van der Waals surface area contributed by atoms with Gasteiger partial charge in [-0.1, -0.05) is 72.8 Å². The Balaban J connectivity index is 1.95. The first kappa shape index (κ1) is 16.4. The van der Waals surface area contributed by atoms with Crippen molar-refractivity contribution in [3.8, 4) is 5.75 Å². The molecule has 0 bridgehead atoms. The fraction of sp³-hybridized carbons (Fsp3) is 0.174. The molecule has 0 saturated carbocycles. The fourth-order valence-corrected chi connectivity index (χ4v) is 4.27. The third-order valence-corrected chi connectivity index (χ3v) is 5.30. The molecule has 0 aliphatic heterocycles. The van der Waals surface area contributed by atoms with Crippen molar-refractivity contribution >= 4 is 5.97 Å². The number of fused-ring (bicyclic) bond motifs is 1. The zero-order chi connectivity index (χ0) is 18.1. The fourth-order valence-electron chi connectivity index (χ4n) is 4.27. The number of hydrogen-bond acceptors (Lipinski definition) is 2. The molecule has 1 N–H and O–H groups in total. The number of carbonyl (C=O) groups is 1. The van der Waals surface area contributed by atoms with Crippen molar-refractivity contribution in [1.82, 2.24) is 0 Å². The highest BCUT2D eigenvalue weighted by molar-refractivity contribution is 5.78. The molecule has 3 nitrogen and oxygen atoms in total. The largest absolute Gasteiger partial charge is 0.496 e. The second kappa shape index (κ2) is 6.68. The van der Waals surface area contributed by atoms with Crippen molar-refractivity contribution in [2.45, 2.75) is 11.8 Å². The Bertz CT molecular complexity index is 933. The maximum Gasteiger partial charge on any atom is 0.308 e. The highest BCUT2D eigenvalue weighted by Crippen LogP contribution is 2.53. The summed E-state index contributed by atoms with van der Waals surface area (Å²) in [5, 5.41) is 10.2. The summed E-state index contributed by atoms with van der Waals surface area (Å²) < 4.78 is 5.55. The minimum Gasteiger partial charge on any atom is -0.496 e. The Labute approximate surface area is 152 Å². The lowest BCUT2D eigenvalue weighted by Crippen LogP contribution is -2.24. The van der Waals surface area contributed by atoms with Gasteiger partial charge in [0.05, 0.1) is 13.0 Å². The van der Waals surface area contributed by atoms with E-state index in [1.807, 2.05) is 72.8 Å². The van der Waals surface area contributed by atoms with Gasteiger partial charge in [-0.15, -0.1) is 0 Å². The minimum absolute atomic E-state index is 0.181. The third-order valence-electron chi connectivity index (χ3n) is 5.30. The lowest BCUT2D eigenvalue weighted by Gasteiger charge is -2.24. The summed E-state index contributed by atoms with van der Waals surface area (Å²) in [6.45, 7) is 0. The number of ether oxygens (including phenoxy) is 1. The number of benzene rings is 3. The number of methoxy groups -OCH3 is 1. The Morgan fingerprint density at radius 2 is 1.31 bits per heavy atom. The molecule has 0 radical (unpaired) electrons. The van der Waals surface area contributed by atoms with Crippen LogP contribution in [0.25, 0.3) is 0 Å². The zero-order valence-electron chi connectivity index (χ0n) is 14.5. The molecule has 3 heteroatoms. The quantitative estimate of drug-likeness (QED) is 0.748. The van der Waals surface area contributed by atoms with Gasteiger partial charge in [0.25, 0.3) is 0 Å². The monoisotopic (exact) mass is 344 g/mol. The predicted octanol–water partition coefficient (Wildman–Crippen LogP) is 4.67. The first-order valence-corrected chi connectivity index (χ1v) is 8.72. The Morgan fingerprint density at radius 1 is 0.769 bits per heavy atom. The van der Waals surface area contributed by atoms with Gasteiger partial charge >= 0.3 is 5.97 Å². The van der Waals surface area contributed by atoms with Crippen LogP contribution in [0.2, 0.25) is 0 Å². The number of aliphatic carboxylic acids is 1. The SMILES string of the molecule is COc1ccccc1C1c2ccccc2C(c2ccccc2)C1C(=O)O. The molecule has 130 valence electrons. The van der Waals surface area contributed by atoms with Gasteiger partial charge in [0.1, 0.15) is 5.75 Å². The molecule has 1 aliphatic rings. The van der Waals surface area contributed by atoms with E-state index < -0.39 is 11.9 Å². The Morgan fingerprint density at radius 3 is 1.92 bits per heavy atom. The summed E-state index contributed by atoms with van der Waals surface area (Å²) in [4.78, 5) is 12.4. The Kier molecular flexibility index (Phi) is 4.21. The van der Waals surface area contributed by atoms with Crippen molar-refractivity contribution in [3.63, 3.8) is 0 Å². The molecule has 3 aromatic rings. The summed E-state index contributed by atoms with van der Waals surface area (Å²) in [5.41, 5.74) is 4.11. The molecular weight excluding hydrogens is 324 g/mol. The van der Waals surface area contributed by atoms with E-state index in [4.69, 9.17) is 4.74 Å². The average Bonchev–Trinajstić information content (AvgIpc) is 3.04. The van der Waals surface area contributed by atoms with E-state index in [-0.39, 0.29) is 11.8 Å². The summed E-state index contributed by atoms with van der Waals surface area (Å²) in [6, 6.07) is 25.7. The van der Waals surface area contributed by atoms with Crippen LogP contribution in [0.5, 0.6) is 5.75 Å². The zero-order valence-corrected chi connectivity index (χ0v) is 14.5. The number of carboxylic acid groups (broad SMARTS) is 1. The molecule has 0 aromatic heterocycles. The number of carboxylic acids is 1. The standard InChI is InChI=1S/C23H20O3/c1-26-19-14-8-7-13-18(19)21-17-12-6-5-11-16(17)20(22(21)23(24)25)15-9-3-2-4-10-15/h2-14,20-22H,1H3,(H,24,25). The summed E-state index contributed by atoms with van der Waals surface area (Å²) in [7, 11) is 1.63. The van der Waals surface area contributed by atoms with Gasteiger partial charge in [-0.2, -0.15) is 0 Å². The van der Waals surface area contributed by atoms with E-state index in [2.05, 4.69) is 6.07 Å². The van der Waals surface area contributed by atoms with Crippen LogP contribution in [-0.2, 0) is 4.79 Å². The normalized spacial score (nSPS) is 21.2. The van der Waals surface area contributed by atoms with E-state index in [1.54, 1.807) is 7.11 Å². The minimum atomic E-state index is -0.786. The topological polar surface area (TPSA) is 46.5 Å². The van der Waals surface area contributed by atoms with Gasteiger partial charge in [-0.25, -0.2) is 0 Å². The first-order chi connectivity index (χ1) is 12.7. The van der Waals surface area contributed by atoms with Crippen LogP contribution in [0.1, 0.15) is 34.1 Å². The number of hydrogen-bond donors (Lipinski definition) is 1. The van der Waals surface area contributed by atoms with Crippen LogP contribution in [-0.4, -0.2) is 18.2 Å². The van der Waals surface area contributed by atoms with Crippen LogP contribution >= 0.6 is 0 Å². The van der Waals surface area contributed by atoms with Crippen molar-refractivity contribution < 1.29 is 14.6 Å².